The van der Waals surface area contributed by atoms with Crippen molar-refractivity contribution in [1.29, 1.82) is 0 Å². The third-order valence-corrected chi connectivity index (χ3v) is 3.70. The fraction of sp³-hybridized carbons (Fsp3) is 0.667. The van der Waals surface area contributed by atoms with E-state index in [2.05, 4.69) is 35.2 Å². The molecular weight excluding hydrogens is 238 g/mol. The molecule has 1 N–H and O–H groups in total. The third kappa shape index (κ3) is 4.27. The number of rotatable bonds is 6. The van der Waals surface area contributed by atoms with Crippen LogP contribution in [-0.4, -0.2) is 48.8 Å². The Bertz CT molecular complexity index is 358. The van der Waals surface area contributed by atoms with Crippen molar-refractivity contribution < 1.29 is 4.74 Å². The van der Waals surface area contributed by atoms with Gasteiger partial charge in [0.05, 0.1) is 6.61 Å². The molecule has 1 aromatic heterocycles. The second-order valence-corrected chi connectivity index (χ2v) is 5.27. The van der Waals surface area contributed by atoms with Crippen LogP contribution >= 0.6 is 0 Å². The molecule has 106 valence electrons. The standard InChI is InChI=1S/C15H25N3O/c1-3-7-17-14-6-9-19-12-15(14)18(2)11-13-5-4-8-16-10-13/h4-5,8,10,14-15,17H,3,6-7,9,11-12H2,1-2H3. The number of ether oxygens (including phenoxy) is 1. The van der Waals surface area contributed by atoms with Gasteiger partial charge in [-0.2, -0.15) is 0 Å². The molecule has 0 amide bonds. The lowest BCUT2D eigenvalue weighted by atomic mass is 10.0. The molecule has 2 rings (SSSR count). The summed E-state index contributed by atoms with van der Waals surface area (Å²) in [5.41, 5.74) is 1.25. The van der Waals surface area contributed by atoms with Crippen molar-refractivity contribution in [3.63, 3.8) is 0 Å². The van der Waals surface area contributed by atoms with E-state index >= 15 is 0 Å². The van der Waals surface area contributed by atoms with Gasteiger partial charge in [-0.1, -0.05) is 13.0 Å². The number of pyridine rings is 1. The van der Waals surface area contributed by atoms with Crippen LogP contribution in [0.4, 0.5) is 0 Å². The molecule has 1 aliphatic rings. The quantitative estimate of drug-likeness (QED) is 0.847. The Hall–Kier alpha value is -0.970. The number of hydrogen-bond donors (Lipinski definition) is 1. The van der Waals surface area contributed by atoms with Gasteiger partial charge in [-0.3, -0.25) is 9.88 Å². The molecule has 0 saturated carbocycles. The van der Waals surface area contributed by atoms with Crippen molar-refractivity contribution in [2.75, 3.05) is 26.8 Å². The number of likely N-dealkylation sites (N-methyl/N-ethyl adjacent to an activating group) is 1. The average Bonchev–Trinajstić information content (AvgIpc) is 2.46. The van der Waals surface area contributed by atoms with Crippen LogP contribution in [0.25, 0.3) is 0 Å². The summed E-state index contributed by atoms with van der Waals surface area (Å²) in [4.78, 5) is 6.56. The lowest BCUT2D eigenvalue weighted by molar-refractivity contribution is 0.00347. The molecule has 0 aromatic carbocycles. The van der Waals surface area contributed by atoms with Gasteiger partial charge in [-0.25, -0.2) is 0 Å². The molecule has 2 unspecified atom stereocenters. The zero-order valence-electron chi connectivity index (χ0n) is 12.0. The molecule has 19 heavy (non-hydrogen) atoms. The largest absolute Gasteiger partial charge is 0.380 e. The number of nitrogens with one attached hydrogen (secondary N) is 1. The topological polar surface area (TPSA) is 37.4 Å². The summed E-state index contributed by atoms with van der Waals surface area (Å²) in [7, 11) is 2.17. The molecule has 2 atom stereocenters. The van der Waals surface area contributed by atoms with Crippen LogP contribution in [0.3, 0.4) is 0 Å². The maximum atomic E-state index is 5.65. The van der Waals surface area contributed by atoms with Gasteiger partial charge >= 0.3 is 0 Å². The van der Waals surface area contributed by atoms with Crippen LogP contribution in [0.2, 0.25) is 0 Å². The van der Waals surface area contributed by atoms with Crippen LogP contribution in [0, 0.1) is 0 Å². The van der Waals surface area contributed by atoms with Gasteiger partial charge in [0, 0.05) is 37.6 Å². The maximum absolute atomic E-state index is 5.65. The van der Waals surface area contributed by atoms with Gasteiger partial charge in [-0.15, -0.1) is 0 Å². The first kappa shape index (κ1) is 14.4. The molecular formula is C15H25N3O. The van der Waals surface area contributed by atoms with Crippen LogP contribution in [-0.2, 0) is 11.3 Å². The molecule has 0 radical (unpaired) electrons. The van der Waals surface area contributed by atoms with Crippen LogP contribution in [0.5, 0.6) is 0 Å². The molecule has 1 fully saturated rings. The van der Waals surface area contributed by atoms with Gasteiger partial charge in [0.25, 0.3) is 0 Å². The van der Waals surface area contributed by atoms with Crippen LogP contribution < -0.4 is 5.32 Å². The van der Waals surface area contributed by atoms with Crippen molar-refractivity contribution in [3.05, 3.63) is 30.1 Å². The van der Waals surface area contributed by atoms with E-state index in [1.54, 1.807) is 0 Å². The van der Waals surface area contributed by atoms with E-state index in [-0.39, 0.29) is 0 Å². The predicted molar refractivity (Wildman–Crippen MR) is 77.0 cm³/mol. The molecule has 0 aliphatic carbocycles. The van der Waals surface area contributed by atoms with Crippen molar-refractivity contribution in [1.82, 2.24) is 15.2 Å². The van der Waals surface area contributed by atoms with E-state index in [1.165, 1.54) is 12.0 Å². The summed E-state index contributed by atoms with van der Waals surface area (Å²) in [6.07, 6.45) is 6.03. The number of nitrogens with zero attached hydrogens (tertiary/aromatic N) is 2. The molecule has 0 spiro atoms. The monoisotopic (exact) mass is 263 g/mol. The zero-order valence-corrected chi connectivity index (χ0v) is 12.0. The molecule has 1 aliphatic heterocycles. The Morgan fingerprint density at radius 3 is 3.16 bits per heavy atom. The van der Waals surface area contributed by atoms with Crippen molar-refractivity contribution in [2.45, 2.75) is 38.4 Å². The summed E-state index contributed by atoms with van der Waals surface area (Å²) in [5.74, 6) is 0. The highest BCUT2D eigenvalue weighted by molar-refractivity contribution is 5.08. The van der Waals surface area contributed by atoms with Crippen molar-refractivity contribution >= 4 is 0 Å². The summed E-state index contributed by atoms with van der Waals surface area (Å²) >= 11 is 0. The Labute approximate surface area is 116 Å². The maximum Gasteiger partial charge on any atom is 0.0637 e. The normalized spacial score (nSPS) is 23.7. The molecule has 1 saturated heterocycles. The zero-order chi connectivity index (χ0) is 13.5. The predicted octanol–water partition coefficient (Wildman–Crippen LogP) is 1.67. The lowest BCUT2D eigenvalue weighted by Crippen LogP contribution is -2.54. The smallest absolute Gasteiger partial charge is 0.0637 e. The van der Waals surface area contributed by atoms with Gasteiger partial charge in [0.1, 0.15) is 0 Å². The fourth-order valence-electron chi connectivity index (χ4n) is 2.62. The van der Waals surface area contributed by atoms with Gasteiger partial charge in [0.15, 0.2) is 0 Å². The molecule has 0 bridgehead atoms. The SMILES string of the molecule is CCCNC1CCOCC1N(C)Cc1cccnc1. The first-order chi connectivity index (χ1) is 9.31. The summed E-state index contributed by atoms with van der Waals surface area (Å²) in [6.45, 7) is 5.91. The van der Waals surface area contributed by atoms with Gasteiger partial charge < -0.3 is 10.1 Å². The van der Waals surface area contributed by atoms with E-state index in [1.807, 2.05) is 18.5 Å². The van der Waals surface area contributed by atoms with E-state index in [9.17, 15) is 0 Å². The Kier molecular flexibility index (Phi) is 5.76. The minimum absolute atomic E-state index is 0.445. The van der Waals surface area contributed by atoms with E-state index in [0.29, 0.717) is 12.1 Å². The van der Waals surface area contributed by atoms with Gasteiger partial charge in [0.2, 0.25) is 0 Å². The van der Waals surface area contributed by atoms with E-state index in [4.69, 9.17) is 4.74 Å². The summed E-state index contributed by atoms with van der Waals surface area (Å²) in [5, 5.41) is 3.65. The minimum atomic E-state index is 0.445. The highest BCUT2D eigenvalue weighted by Gasteiger charge is 2.28. The van der Waals surface area contributed by atoms with Crippen molar-refractivity contribution in [3.8, 4) is 0 Å². The van der Waals surface area contributed by atoms with Crippen LogP contribution in [0.1, 0.15) is 25.3 Å². The molecule has 1 aromatic rings. The first-order valence-corrected chi connectivity index (χ1v) is 7.21. The Balaban J connectivity index is 1.93. The number of aromatic nitrogens is 1. The van der Waals surface area contributed by atoms with Crippen LogP contribution in [0.15, 0.2) is 24.5 Å². The molecule has 2 heterocycles. The van der Waals surface area contributed by atoms with E-state index < -0.39 is 0 Å². The number of hydrogen-bond acceptors (Lipinski definition) is 4. The lowest BCUT2D eigenvalue weighted by Gasteiger charge is -2.38. The minimum Gasteiger partial charge on any atom is -0.380 e. The van der Waals surface area contributed by atoms with Crippen molar-refractivity contribution in [2.24, 2.45) is 0 Å². The summed E-state index contributed by atoms with van der Waals surface area (Å²) in [6, 6.07) is 5.10. The average molecular weight is 263 g/mol. The summed E-state index contributed by atoms with van der Waals surface area (Å²) < 4.78 is 5.65. The molecule has 4 heteroatoms. The molecule has 4 nitrogen and oxygen atoms in total. The highest BCUT2D eigenvalue weighted by atomic mass is 16.5. The third-order valence-electron chi connectivity index (χ3n) is 3.70. The first-order valence-electron chi connectivity index (χ1n) is 7.21. The van der Waals surface area contributed by atoms with E-state index in [0.717, 1.165) is 32.7 Å². The Morgan fingerprint density at radius 1 is 1.53 bits per heavy atom. The second kappa shape index (κ2) is 7.58. The second-order valence-electron chi connectivity index (χ2n) is 5.27. The van der Waals surface area contributed by atoms with Gasteiger partial charge in [-0.05, 0) is 38.1 Å². The Morgan fingerprint density at radius 2 is 2.42 bits per heavy atom. The fourth-order valence-corrected chi connectivity index (χ4v) is 2.62. The highest BCUT2D eigenvalue weighted by Crippen LogP contribution is 2.15.